The van der Waals surface area contributed by atoms with Gasteiger partial charge in [-0.25, -0.2) is 0 Å². The Morgan fingerprint density at radius 2 is 1.93 bits per heavy atom. The predicted molar refractivity (Wildman–Crippen MR) is 70.6 cm³/mol. The molecule has 1 aromatic carbocycles. The van der Waals surface area contributed by atoms with Crippen LogP contribution in [-0.2, 0) is 0 Å². The van der Waals surface area contributed by atoms with Crippen molar-refractivity contribution in [1.82, 2.24) is 5.32 Å². The van der Waals surface area contributed by atoms with E-state index < -0.39 is 0 Å². The first-order chi connectivity index (χ1) is 7.24. The molecule has 1 rings (SSSR count). The minimum Gasteiger partial charge on any atom is -0.309 e. The third kappa shape index (κ3) is 4.72. The maximum absolute atomic E-state index is 3.53. The molecule has 1 unspecified atom stereocenters. The van der Waals surface area contributed by atoms with Gasteiger partial charge in [-0.2, -0.15) is 11.8 Å². The molecule has 0 saturated heterocycles. The SMILES string of the molecule is CCSCCNC(C)c1ccc(C)cc1. The van der Waals surface area contributed by atoms with Crippen molar-refractivity contribution in [2.24, 2.45) is 0 Å². The molecule has 0 fully saturated rings. The molecule has 0 aliphatic rings. The summed E-state index contributed by atoms with van der Waals surface area (Å²) in [5.41, 5.74) is 2.70. The second-order valence-electron chi connectivity index (χ2n) is 3.78. The zero-order valence-electron chi connectivity index (χ0n) is 9.92. The molecule has 15 heavy (non-hydrogen) atoms. The first kappa shape index (κ1) is 12.6. The molecule has 84 valence electrons. The van der Waals surface area contributed by atoms with Crippen LogP contribution in [0.1, 0.15) is 31.0 Å². The number of aryl methyl sites for hydroxylation is 1. The summed E-state index contributed by atoms with van der Waals surface area (Å²) in [6.07, 6.45) is 0. The minimum atomic E-state index is 0.461. The van der Waals surface area contributed by atoms with Crippen LogP contribution in [0.25, 0.3) is 0 Å². The Morgan fingerprint density at radius 3 is 2.53 bits per heavy atom. The van der Waals surface area contributed by atoms with Gasteiger partial charge in [0.25, 0.3) is 0 Å². The lowest BCUT2D eigenvalue weighted by atomic mass is 10.1. The average molecular weight is 223 g/mol. The summed E-state index contributed by atoms with van der Waals surface area (Å²) < 4.78 is 0. The zero-order chi connectivity index (χ0) is 11.1. The average Bonchev–Trinajstić information content (AvgIpc) is 2.25. The van der Waals surface area contributed by atoms with Crippen LogP contribution >= 0.6 is 11.8 Å². The molecule has 0 aromatic heterocycles. The fraction of sp³-hybridized carbons (Fsp3) is 0.538. The molecule has 0 bridgehead atoms. The van der Waals surface area contributed by atoms with Gasteiger partial charge in [-0.3, -0.25) is 0 Å². The molecule has 1 aromatic rings. The highest BCUT2D eigenvalue weighted by Gasteiger charge is 2.02. The van der Waals surface area contributed by atoms with Crippen LogP contribution in [0, 0.1) is 6.92 Å². The van der Waals surface area contributed by atoms with Crippen LogP contribution in [0.2, 0.25) is 0 Å². The highest BCUT2D eigenvalue weighted by molar-refractivity contribution is 7.99. The van der Waals surface area contributed by atoms with Crippen molar-refractivity contribution in [3.63, 3.8) is 0 Å². The lowest BCUT2D eigenvalue weighted by Crippen LogP contribution is -2.21. The quantitative estimate of drug-likeness (QED) is 0.742. The lowest BCUT2D eigenvalue weighted by molar-refractivity contribution is 0.601. The summed E-state index contributed by atoms with van der Waals surface area (Å²) in [5, 5.41) is 3.53. The van der Waals surface area contributed by atoms with E-state index in [9.17, 15) is 0 Å². The molecular formula is C13H21NS. The van der Waals surface area contributed by atoms with Crippen LogP contribution in [0.5, 0.6) is 0 Å². The molecule has 0 aliphatic heterocycles. The Morgan fingerprint density at radius 1 is 1.27 bits per heavy atom. The lowest BCUT2D eigenvalue weighted by Gasteiger charge is -2.14. The van der Waals surface area contributed by atoms with Gasteiger partial charge in [-0.15, -0.1) is 0 Å². The summed E-state index contributed by atoms with van der Waals surface area (Å²) in [6.45, 7) is 7.64. The molecule has 1 nitrogen and oxygen atoms in total. The Labute approximate surface area is 97.7 Å². The fourth-order valence-electron chi connectivity index (χ4n) is 1.46. The number of benzene rings is 1. The Balaban J connectivity index is 2.33. The molecule has 0 spiro atoms. The van der Waals surface area contributed by atoms with Crippen LogP contribution < -0.4 is 5.32 Å². The monoisotopic (exact) mass is 223 g/mol. The molecule has 0 saturated carbocycles. The molecule has 0 heterocycles. The highest BCUT2D eigenvalue weighted by atomic mass is 32.2. The van der Waals surface area contributed by atoms with E-state index in [2.05, 4.69) is 50.4 Å². The predicted octanol–water partition coefficient (Wildman–Crippen LogP) is 3.40. The van der Waals surface area contributed by atoms with Gasteiger partial charge in [0.15, 0.2) is 0 Å². The first-order valence-electron chi connectivity index (χ1n) is 5.61. The van der Waals surface area contributed by atoms with E-state index in [4.69, 9.17) is 0 Å². The van der Waals surface area contributed by atoms with Crippen LogP contribution in [-0.4, -0.2) is 18.1 Å². The van der Waals surface area contributed by atoms with Crippen molar-refractivity contribution >= 4 is 11.8 Å². The second-order valence-corrected chi connectivity index (χ2v) is 5.18. The van der Waals surface area contributed by atoms with Gasteiger partial charge >= 0.3 is 0 Å². The van der Waals surface area contributed by atoms with E-state index >= 15 is 0 Å². The minimum absolute atomic E-state index is 0.461. The van der Waals surface area contributed by atoms with Crippen molar-refractivity contribution in [2.45, 2.75) is 26.8 Å². The molecule has 1 atom stereocenters. The summed E-state index contributed by atoms with van der Waals surface area (Å²) in [6, 6.07) is 9.23. The number of hydrogen-bond acceptors (Lipinski definition) is 2. The van der Waals surface area contributed by atoms with Crippen LogP contribution in [0.15, 0.2) is 24.3 Å². The van der Waals surface area contributed by atoms with Crippen molar-refractivity contribution < 1.29 is 0 Å². The summed E-state index contributed by atoms with van der Waals surface area (Å²) in [7, 11) is 0. The summed E-state index contributed by atoms with van der Waals surface area (Å²) in [5.74, 6) is 2.41. The summed E-state index contributed by atoms with van der Waals surface area (Å²) >= 11 is 1.99. The third-order valence-corrected chi connectivity index (χ3v) is 3.38. The maximum atomic E-state index is 3.53. The topological polar surface area (TPSA) is 12.0 Å². The molecular weight excluding hydrogens is 202 g/mol. The van der Waals surface area contributed by atoms with Crippen LogP contribution in [0.4, 0.5) is 0 Å². The molecule has 0 radical (unpaired) electrons. The highest BCUT2D eigenvalue weighted by Crippen LogP contribution is 2.12. The van der Waals surface area contributed by atoms with Gasteiger partial charge in [-0.1, -0.05) is 36.8 Å². The van der Waals surface area contributed by atoms with E-state index in [1.54, 1.807) is 0 Å². The maximum Gasteiger partial charge on any atom is 0.0292 e. The Hall–Kier alpha value is -0.470. The van der Waals surface area contributed by atoms with Gasteiger partial charge < -0.3 is 5.32 Å². The smallest absolute Gasteiger partial charge is 0.0292 e. The van der Waals surface area contributed by atoms with Crippen molar-refractivity contribution in [3.05, 3.63) is 35.4 Å². The van der Waals surface area contributed by atoms with Gasteiger partial charge in [0.1, 0.15) is 0 Å². The number of hydrogen-bond donors (Lipinski definition) is 1. The Kier molecular flexibility index (Phi) is 5.81. The van der Waals surface area contributed by atoms with E-state index in [1.807, 2.05) is 11.8 Å². The van der Waals surface area contributed by atoms with E-state index in [0.29, 0.717) is 6.04 Å². The van der Waals surface area contributed by atoms with E-state index in [1.165, 1.54) is 22.6 Å². The summed E-state index contributed by atoms with van der Waals surface area (Å²) in [4.78, 5) is 0. The van der Waals surface area contributed by atoms with Crippen molar-refractivity contribution in [3.8, 4) is 0 Å². The van der Waals surface area contributed by atoms with Gasteiger partial charge in [0.05, 0.1) is 0 Å². The number of nitrogens with one attached hydrogen (secondary N) is 1. The molecule has 1 N–H and O–H groups in total. The molecule has 0 amide bonds. The largest absolute Gasteiger partial charge is 0.309 e. The normalized spacial score (nSPS) is 12.7. The van der Waals surface area contributed by atoms with Gasteiger partial charge in [0.2, 0.25) is 0 Å². The number of thioether (sulfide) groups is 1. The Bertz CT molecular complexity index is 268. The second kappa shape index (κ2) is 6.91. The zero-order valence-corrected chi connectivity index (χ0v) is 10.7. The molecule has 0 aliphatic carbocycles. The fourth-order valence-corrected chi connectivity index (χ4v) is 2.02. The molecule has 2 heteroatoms. The first-order valence-corrected chi connectivity index (χ1v) is 6.77. The van der Waals surface area contributed by atoms with Gasteiger partial charge in [-0.05, 0) is 25.2 Å². The number of rotatable bonds is 6. The van der Waals surface area contributed by atoms with Crippen molar-refractivity contribution in [2.75, 3.05) is 18.1 Å². The van der Waals surface area contributed by atoms with Crippen molar-refractivity contribution in [1.29, 1.82) is 0 Å². The third-order valence-electron chi connectivity index (χ3n) is 2.48. The standard InChI is InChI=1S/C13H21NS/c1-4-15-10-9-14-12(3)13-7-5-11(2)6-8-13/h5-8,12,14H,4,9-10H2,1-3H3. The van der Waals surface area contributed by atoms with Gasteiger partial charge in [0, 0.05) is 18.3 Å². The van der Waals surface area contributed by atoms with Crippen LogP contribution in [0.3, 0.4) is 0 Å². The van der Waals surface area contributed by atoms with E-state index in [-0.39, 0.29) is 0 Å². The van der Waals surface area contributed by atoms with E-state index in [0.717, 1.165) is 6.54 Å².